The van der Waals surface area contributed by atoms with Crippen molar-refractivity contribution in [3.63, 3.8) is 0 Å². The van der Waals surface area contributed by atoms with E-state index in [2.05, 4.69) is 10.0 Å². The van der Waals surface area contributed by atoms with Crippen molar-refractivity contribution in [1.82, 2.24) is 10.0 Å². The van der Waals surface area contributed by atoms with Gasteiger partial charge in [0.1, 0.15) is 0 Å². The van der Waals surface area contributed by atoms with Crippen LogP contribution in [0.3, 0.4) is 0 Å². The molecule has 1 saturated carbocycles. The summed E-state index contributed by atoms with van der Waals surface area (Å²) in [4.78, 5) is 0. The monoisotopic (exact) mass is 260 g/mol. The first-order valence-electron chi connectivity index (χ1n) is 6.46. The largest absolute Gasteiger partial charge is 0.373 e. The van der Waals surface area contributed by atoms with E-state index < -0.39 is 10.0 Å². The molecule has 5 nitrogen and oxygen atoms in total. The lowest BCUT2D eigenvalue weighted by atomic mass is 9.88. The van der Waals surface area contributed by atoms with Gasteiger partial charge in [0.2, 0.25) is 10.0 Å². The van der Waals surface area contributed by atoms with Gasteiger partial charge in [0.25, 0.3) is 0 Å². The molecule has 1 spiro atoms. The third-order valence-corrected chi connectivity index (χ3v) is 6.03. The van der Waals surface area contributed by atoms with E-state index in [1.165, 1.54) is 0 Å². The van der Waals surface area contributed by atoms with E-state index in [1.807, 2.05) is 0 Å². The van der Waals surface area contributed by atoms with E-state index in [-0.39, 0.29) is 16.9 Å². The molecule has 2 N–H and O–H groups in total. The van der Waals surface area contributed by atoms with Gasteiger partial charge >= 0.3 is 0 Å². The molecule has 0 aromatic heterocycles. The van der Waals surface area contributed by atoms with Crippen molar-refractivity contribution in [2.75, 3.05) is 19.7 Å². The van der Waals surface area contributed by atoms with Gasteiger partial charge in [-0.15, -0.1) is 0 Å². The molecule has 2 aliphatic heterocycles. The van der Waals surface area contributed by atoms with Gasteiger partial charge in [-0.2, -0.15) is 0 Å². The first kappa shape index (κ1) is 11.9. The summed E-state index contributed by atoms with van der Waals surface area (Å²) in [5.74, 6) is 0. The summed E-state index contributed by atoms with van der Waals surface area (Å²) in [7, 11) is -3.07. The number of hydrogen-bond donors (Lipinski definition) is 2. The molecule has 0 amide bonds. The minimum atomic E-state index is -3.07. The summed E-state index contributed by atoms with van der Waals surface area (Å²) >= 11 is 0. The Hall–Kier alpha value is -0.170. The molecule has 0 aromatic carbocycles. The minimum absolute atomic E-state index is 0.0151. The topological polar surface area (TPSA) is 67.4 Å². The average Bonchev–Trinajstić information content (AvgIpc) is 3.07. The first-order valence-corrected chi connectivity index (χ1v) is 8.00. The van der Waals surface area contributed by atoms with Crippen LogP contribution in [0, 0.1) is 0 Å². The van der Waals surface area contributed by atoms with E-state index in [4.69, 9.17) is 4.74 Å². The molecule has 0 bridgehead atoms. The van der Waals surface area contributed by atoms with Gasteiger partial charge < -0.3 is 10.1 Å². The predicted octanol–water partition coefficient (Wildman–Crippen LogP) is -0.0207. The number of ether oxygens (including phenoxy) is 1. The Morgan fingerprint density at radius 1 is 1.24 bits per heavy atom. The van der Waals surface area contributed by atoms with Crippen molar-refractivity contribution < 1.29 is 13.2 Å². The summed E-state index contributed by atoms with van der Waals surface area (Å²) in [6, 6.07) is -0.0151. The lowest BCUT2D eigenvalue weighted by molar-refractivity contribution is -0.0193. The summed E-state index contributed by atoms with van der Waals surface area (Å²) in [6.07, 6.45) is 4.46. The lowest BCUT2D eigenvalue weighted by Crippen LogP contribution is -2.43. The fourth-order valence-electron chi connectivity index (χ4n) is 2.86. The zero-order valence-corrected chi connectivity index (χ0v) is 10.8. The van der Waals surface area contributed by atoms with Crippen molar-refractivity contribution in [3.8, 4) is 0 Å². The number of piperidine rings is 1. The van der Waals surface area contributed by atoms with Gasteiger partial charge in [0, 0.05) is 6.04 Å². The predicted molar refractivity (Wildman–Crippen MR) is 64.3 cm³/mol. The van der Waals surface area contributed by atoms with Crippen molar-refractivity contribution in [2.45, 2.75) is 49.0 Å². The first-order chi connectivity index (χ1) is 8.10. The molecule has 2 heterocycles. The smallest absolute Gasteiger partial charge is 0.214 e. The minimum Gasteiger partial charge on any atom is -0.373 e. The molecule has 0 aromatic rings. The quantitative estimate of drug-likeness (QED) is 0.748. The summed E-state index contributed by atoms with van der Waals surface area (Å²) in [5.41, 5.74) is -0.0675. The summed E-state index contributed by atoms with van der Waals surface area (Å²) in [5, 5.41) is 3.18. The van der Waals surface area contributed by atoms with Crippen LogP contribution in [-0.4, -0.2) is 45.0 Å². The van der Waals surface area contributed by atoms with Gasteiger partial charge in [-0.1, -0.05) is 0 Å². The number of nitrogens with one attached hydrogen (secondary N) is 2. The van der Waals surface area contributed by atoms with Crippen LogP contribution in [0.1, 0.15) is 32.1 Å². The molecule has 0 unspecified atom stereocenters. The van der Waals surface area contributed by atoms with Crippen LogP contribution >= 0.6 is 0 Å². The summed E-state index contributed by atoms with van der Waals surface area (Å²) in [6.45, 7) is 2.48. The fourth-order valence-corrected chi connectivity index (χ4v) is 4.42. The van der Waals surface area contributed by atoms with E-state index >= 15 is 0 Å². The maximum absolute atomic E-state index is 11.8. The highest BCUT2D eigenvalue weighted by atomic mass is 32.2. The number of hydrogen-bond acceptors (Lipinski definition) is 4. The maximum Gasteiger partial charge on any atom is 0.214 e. The second-order valence-electron chi connectivity index (χ2n) is 5.51. The Labute approximate surface area is 102 Å². The highest BCUT2D eigenvalue weighted by Gasteiger charge is 2.44. The normalized spacial score (nSPS) is 33.1. The van der Waals surface area contributed by atoms with Crippen molar-refractivity contribution in [2.24, 2.45) is 0 Å². The highest BCUT2D eigenvalue weighted by Crippen LogP contribution is 2.35. The van der Waals surface area contributed by atoms with Gasteiger partial charge in [-0.05, 0) is 45.2 Å². The average molecular weight is 260 g/mol. The Bertz CT molecular complexity index is 386. The van der Waals surface area contributed by atoms with E-state index in [1.54, 1.807) is 0 Å². The van der Waals surface area contributed by atoms with Crippen LogP contribution in [0.25, 0.3) is 0 Å². The third-order valence-electron chi connectivity index (χ3n) is 4.02. The van der Waals surface area contributed by atoms with Crippen LogP contribution in [0.15, 0.2) is 0 Å². The molecule has 3 fully saturated rings. The van der Waals surface area contributed by atoms with Crippen molar-refractivity contribution in [3.05, 3.63) is 0 Å². The summed E-state index contributed by atoms with van der Waals surface area (Å²) < 4.78 is 32.4. The molecule has 2 saturated heterocycles. The highest BCUT2D eigenvalue weighted by molar-refractivity contribution is 7.90. The number of rotatable bonds is 3. The molecule has 98 valence electrons. The van der Waals surface area contributed by atoms with E-state index in [0.717, 1.165) is 45.2 Å². The van der Waals surface area contributed by atoms with Crippen molar-refractivity contribution in [1.29, 1.82) is 0 Å². The van der Waals surface area contributed by atoms with Crippen LogP contribution in [-0.2, 0) is 14.8 Å². The van der Waals surface area contributed by atoms with Gasteiger partial charge in [-0.25, -0.2) is 13.1 Å². The molecule has 1 aliphatic carbocycles. The van der Waals surface area contributed by atoms with Crippen molar-refractivity contribution >= 4 is 10.0 Å². The van der Waals surface area contributed by atoms with Gasteiger partial charge in [-0.3, -0.25) is 0 Å². The Kier molecular flexibility index (Phi) is 2.93. The molecular weight excluding hydrogens is 240 g/mol. The zero-order valence-electron chi connectivity index (χ0n) is 9.94. The van der Waals surface area contributed by atoms with E-state index in [9.17, 15) is 8.42 Å². The lowest BCUT2D eigenvalue weighted by Gasteiger charge is -2.32. The molecule has 3 rings (SSSR count). The van der Waals surface area contributed by atoms with Crippen LogP contribution in [0.5, 0.6) is 0 Å². The Morgan fingerprint density at radius 3 is 2.59 bits per heavy atom. The second-order valence-corrected chi connectivity index (χ2v) is 7.50. The maximum atomic E-state index is 11.8. The molecule has 0 radical (unpaired) electrons. The van der Waals surface area contributed by atoms with Crippen LogP contribution < -0.4 is 10.0 Å². The van der Waals surface area contributed by atoms with Gasteiger partial charge in [0.05, 0.1) is 17.5 Å². The Morgan fingerprint density at radius 2 is 1.94 bits per heavy atom. The third kappa shape index (κ3) is 2.50. The molecule has 6 heteroatoms. The molecule has 1 atom stereocenters. The second kappa shape index (κ2) is 4.19. The molecular formula is C11H20N2O3S. The molecule has 17 heavy (non-hydrogen) atoms. The van der Waals surface area contributed by atoms with E-state index in [0.29, 0.717) is 6.61 Å². The van der Waals surface area contributed by atoms with Gasteiger partial charge in [0.15, 0.2) is 0 Å². The SMILES string of the molecule is O=S(=O)(N[C@H]1COC2(CCNCC2)C1)C1CC1. The van der Waals surface area contributed by atoms with Crippen LogP contribution in [0.4, 0.5) is 0 Å². The standard InChI is InChI=1S/C11H20N2O3S/c14-17(15,10-1-2-10)13-9-7-11(16-8-9)3-5-12-6-4-11/h9-10,12-13H,1-8H2/t9-/m1/s1. The zero-order chi connectivity index (χ0) is 11.9. The Balaban J connectivity index is 1.60. The van der Waals surface area contributed by atoms with Crippen LogP contribution in [0.2, 0.25) is 0 Å². The number of sulfonamides is 1. The fraction of sp³-hybridized carbons (Fsp3) is 1.00. The molecule has 3 aliphatic rings.